The van der Waals surface area contributed by atoms with E-state index in [-0.39, 0.29) is 13.0 Å². The van der Waals surface area contributed by atoms with Crippen LogP contribution < -0.4 is 5.73 Å². The summed E-state index contributed by atoms with van der Waals surface area (Å²) >= 11 is 0. The molecule has 5 heteroatoms. The van der Waals surface area contributed by atoms with E-state index in [9.17, 15) is 13.2 Å². The Morgan fingerprint density at radius 3 is 2.53 bits per heavy atom. The molecule has 3 N–H and O–H groups in total. The van der Waals surface area contributed by atoms with Crippen molar-refractivity contribution in [1.82, 2.24) is 0 Å². The minimum absolute atomic E-state index is 0.141. The van der Waals surface area contributed by atoms with Gasteiger partial charge in [0.1, 0.15) is 0 Å². The molecule has 84 valence electrons. The molecule has 0 bridgehead atoms. The van der Waals surface area contributed by atoms with Crippen LogP contribution in [0.25, 0.3) is 0 Å². The lowest BCUT2D eigenvalue weighted by molar-refractivity contribution is -0.137. The first kappa shape index (κ1) is 12.0. The van der Waals surface area contributed by atoms with Gasteiger partial charge < -0.3 is 10.8 Å². The molecule has 0 aliphatic carbocycles. The third-order valence-corrected chi connectivity index (χ3v) is 2.08. The number of aliphatic hydroxyl groups excluding tert-OH is 1. The zero-order valence-electron chi connectivity index (χ0n) is 7.96. The van der Waals surface area contributed by atoms with E-state index in [4.69, 9.17) is 10.8 Å². The highest BCUT2D eigenvalue weighted by Gasteiger charge is 2.30. The third kappa shape index (κ3) is 3.21. The van der Waals surface area contributed by atoms with Gasteiger partial charge in [-0.25, -0.2) is 0 Å². The topological polar surface area (TPSA) is 46.2 Å². The molecule has 15 heavy (non-hydrogen) atoms. The van der Waals surface area contributed by atoms with E-state index in [1.165, 1.54) is 12.1 Å². The standard InChI is InChI=1S/C10H12F3NO/c11-10(12,13)8-3-1-2-7(6-8)9(14)4-5-15/h1-3,6,9,15H,4-5,14H2/t9-/m0/s1. The van der Waals surface area contributed by atoms with Gasteiger partial charge in [0, 0.05) is 12.6 Å². The van der Waals surface area contributed by atoms with E-state index in [0.717, 1.165) is 12.1 Å². The normalized spacial score (nSPS) is 13.9. The van der Waals surface area contributed by atoms with Crippen molar-refractivity contribution in [2.45, 2.75) is 18.6 Å². The summed E-state index contributed by atoms with van der Waals surface area (Å²) in [5.41, 5.74) is 5.26. The van der Waals surface area contributed by atoms with Crippen molar-refractivity contribution in [3.05, 3.63) is 35.4 Å². The van der Waals surface area contributed by atoms with Crippen LogP contribution in [0, 0.1) is 0 Å². The van der Waals surface area contributed by atoms with E-state index in [2.05, 4.69) is 0 Å². The Bertz CT molecular complexity index is 325. The molecule has 1 atom stereocenters. The van der Waals surface area contributed by atoms with Gasteiger partial charge in [-0.05, 0) is 24.1 Å². The Hall–Kier alpha value is -1.07. The lowest BCUT2D eigenvalue weighted by Crippen LogP contribution is -2.13. The first-order valence-electron chi connectivity index (χ1n) is 4.48. The second-order valence-corrected chi connectivity index (χ2v) is 3.24. The molecule has 1 aromatic rings. The minimum atomic E-state index is -4.35. The van der Waals surface area contributed by atoms with E-state index < -0.39 is 17.8 Å². The molecule has 2 nitrogen and oxygen atoms in total. The summed E-state index contributed by atoms with van der Waals surface area (Å²) in [6, 6.07) is 4.29. The van der Waals surface area contributed by atoms with Gasteiger partial charge in [-0.3, -0.25) is 0 Å². The average molecular weight is 219 g/mol. The molecule has 1 rings (SSSR count). The molecule has 0 aromatic heterocycles. The fraction of sp³-hybridized carbons (Fsp3) is 0.400. The smallest absolute Gasteiger partial charge is 0.396 e. The van der Waals surface area contributed by atoms with E-state index in [1.54, 1.807) is 0 Å². The molecule has 0 radical (unpaired) electrons. The third-order valence-electron chi connectivity index (χ3n) is 2.08. The molecular formula is C10H12F3NO. The Morgan fingerprint density at radius 1 is 1.33 bits per heavy atom. The second kappa shape index (κ2) is 4.63. The number of benzene rings is 1. The second-order valence-electron chi connectivity index (χ2n) is 3.24. The summed E-state index contributed by atoms with van der Waals surface area (Å²) in [5, 5.41) is 8.62. The number of halogens is 3. The van der Waals surface area contributed by atoms with E-state index in [0.29, 0.717) is 5.56 Å². The molecular weight excluding hydrogens is 207 g/mol. The predicted molar refractivity (Wildman–Crippen MR) is 50.1 cm³/mol. The van der Waals surface area contributed by atoms with Crippen molar-refractivity contribution >= 4 is 0 Å². The SMILES string of the molecule is N[C@@H](CCO)c1cccc(C(F)(F)F)c1. The zero-order chi connectivity index (χ0) is 11.5. The first-order valence-corrected chi connectivity index (χ1v) is 4.48. The van der Waals surface area contributed by atoms with Crippen molar-refractivity contribution in [2.24, 2.45) is 5.73 Å². The fourth-order valence-electron chi connectivity index (χ4n) is 1.25. The summed E-state index contributed by atoms with van der Waals surface area (Å²) in [7, 11) is 0. The van der Waals surface area contributed by atoms with Crippen molar-refractivity contribution < 1.29 is 18.3 Å². The maximum absolute atomic E-state index is 12.3. The van der Waals surface area contributed by atoms with Crippen LogP contribution in [0.2, 0.25) is 0 Å². The number of alkyl halides is 3. The highest BCUT2D eigenvalue weighted by atomic mass is 19.4. The molecule has 0 aliphatic heterocycles. The maximum atomic E-state index is 12.3. The Kier molecular flexibility index (Phi) is 3.71. The average Bonchev–Trinajstić information content (AvgIpc) is 2.17. The molecule has 0 unspecified atom stereocenters. The summed E-state index contributed by atoms with van der Waals surface area (Å²) in [6.07, 6.45) is -4.10. The number of aliphatic hydroxyl groups is 1. The van der Waals surface area contributed by atoms with Crippen molar-refractivity contribution in [1.29, 1.82) is 0 Å². The molecule has 0 spiro atoms. The maximum Gasteiger partial charge on any atom is 0.416 e. The minimum Gasteiger partial charge on any atom is -0.396 e. The summed E-state index contributed by atoms with van der Waals surface area (Å²) in [4.78, 5) is 0. The quantitative estimate of drug-likeness (QED) is 0.817. The van der Waals surface area contributed by atoms with Gasteiger partial charge in [0.25, 0.3) is 0 Å². The molecule has 0 fully saturated rings. The molecule has 0 saturated heterocycles. The molecule has 0 amide bonds. The van der Waals surface area contributed by atoms with Gasteiger partial charge in [0.05, 0.1) is 5.56 Å². The van der Waals surface area contributed by atoms with E-state index in [1.807, 2.05) is 0 Å². The molecule has 0 heterocycles. The predicted octanol–water partition coefficient (Wildman–Crippen LogP) is 2.09. The largest absolute Gasteiger partial charge is 0.416 e. The van der Waals surface area contributed by atoms with Crippen molar-refractivity contribution in [3.63, 3.8) is 0 Å². The van der Waals surface area contributed by atoms with Crippen LogP contribution in [-0.2, 0) is 6.18 Å². The highest BCUT2D eigenvalue weighted by molar-refractivity contribution is 5.27. The van der Waals surface area contributed by atoms with Crippen LogP contribution >= 0.6 is 0 Å². The van der Waals surface area contributed by atoms with Crippen molar-refractivity contribution in [3.8, 4) is 0 Å². The van der Waals surface area contributed by atoms with Gasteiger partial charge in [-0.1, -0.05) is 12.1 Å². The van der Waals surface area contributed by atoms with Crippen LogP contribution in [0.15, 0.2) is 24.3 Å². The van der Waals surface area contributed by atoms with Gasteiger partial charge in [0.15, 0.2) is 0 Å². The van der Waals surface area contributed by atoms with Crippen LogP contribution in [0.4, 0.5) is 13.2 Å². The summed E-state index contributed by atoms with van der Waals surface area (Å²) in [6.45, 7) is -0.141. The Morgan fingerprint density at radius 2 is 2.00 bits per heavy atom. The molecule has 1 aromatic carbocycles. The summed E-state index contributed by atoms with van der Waals surface area (Å²) < 4.78 is 37.0. The van der Waals surface area contributed by atoms with Gasteiger partial charge in [-0.15, -0.1) is 0 Å². The molecule has 0 aliphatic rings. The zero-order valence-corrected chi connectivity index (χ0v) is 7.96. The van der Waals surface area contributed by atoms with Crippen LogP contribution in [0.5, 0.6) is 0 Å². The summed E-state index contributed by atoms with van der Waals surface area (Å²) in [5.74, 6) is 0. The Labute approximate surface area is 85.5 Å². The monoisotopic (exact) mass is 219 g/mol. The number of hydrogen-bond acceptors (Lipinski definition) is 2. The lowest BCUT2D eigenvalue weighted by Gasteiger charge is -2.13. The number of hydrogen-bond donors (Lipinski definition) is 2. The van der Waals surface area contributed by atoms with E-state index >= 15 is 0 Å². The van der Waals surface area contributed by atoms with Crippen LogP contribution in [-0.4, -0.2) is 11.7 Å². The number of nitrogens with two attached hydrogens (primary N) is 1. The van der Waals surface area contributed by atoms with Crippen molar-refractivity contribution in [2.75, 3.05) is 6.61 Å². The van der Waals surface area contributed by atoms with Crippen LogP contribution in [0.3, 0.4) is 0 Å². The first-order chi connectivity index (χ1) is 6.95. The fourth-order valence-corrected chi connectivity index (χ4v) is 1.25. The van der Waals surface area contributed by atoms with Gasteiger partial charge >= 0.3 is 6.18 Å². The number of rotatable bonds is 3. The lowest BCUT2D eigenvalue weighted by atomic mass is 10.0. The van der Waals surface area contributed by atoms with Gasteiger partial charge in [-0.2, -0.15) is 13.2 Å². The molecule has 0 saturated carbocycles. The Balaban J connectivity index is 2.92. The highest BCUT2D eigenvalue weighted by Crippen LogP contribution is 2.30. The van der Waals surface area contributed by atoms with Gasteiger partial charge in [0.2, 0.25) is 0 Å². The van der Waals surface area contributed by atoms with Crippen LogP contribution in [0.1, 0.15) is 23.6 Å².